The summed E-state index contributed by atoms with van der Waals surface area (Å²) in [5.41, 5.74) is 4.56. The number of nitrogens with zero attached hydrogens (tertiary/aromatic N) is 3. The second-order valence-corrected chi connectivity index (χ2v) is 9.19. The Bertz CT molecular complexity index is 1150. The van der Waals surface area contributed by atoms with Crippen LogP contribution in [0.15, 0.2) is 54.6 Å². The maximum atomic E-state index is 12.8. The Hall–Kier alpha value is -3.45. The minimum atomic E-state index is -0.460. The zero-order valence-electron chi connectivity index (χ0n) is 22.8. The summed E-state index contributed by atoms with van der Waals surface area (Å²) in [5, 5.41) is 7.65. The van der Waals surface area contributed by atoms with Crippen molar-refractivity contribution in [2.24, 2.45) is 0 Å². The molecule has 0 aliphatic rings. The first-order valence-corrected chi connectivity index (χ1v) is 13.4. The number of aryl methyl sites for hydroxylation is 1. The molecule has 1 unspecified atom stereocenters. The molecule has 7 nitrogen and oxygen atoms in total. The summed E-state index contributed by atoms with van der Waals surface area (Å²) in [6.07, 6.45) is 2.93. The molecule has 1 amide bonds. The van der Waals surface area contributed by atoms with Crippen LogP contribution in [0.5, 0.6) is 0 Å². The smallest absolute Gasteiger partial charge is 0.358 e. The second-order valence-electron chi connectivity index (χ2n) is 9.19. The maximum absolute atomic E-state index is 12.8. The van der Waals surface area contributed by atoms with Crippen LogP contribution in [0.25, 0.3) is 16.9 Å². The summed E-state index contributed by atoms with van der Waals surface area (Å²) in [6.45, 7) is 13.7. The molecule has 0 aliphatic heterocycles. The Morgan fingerprint density at radius 2 is 1.68 bits per heavy atom. The second kappa shape index (κ2) is 13.7. The molecule has 3 aromatic rings. The van der Waals surface area contributed by atoms with Crippen LogP contribution in [-0.4, -0.2) is 58.8 Å². The van der Waals surface area contributed by atoms with E-state index < -0.39 is 5.97 Å². The highest BCUT2D eigenvalue weighted by molar-refractivity contribution is 5.94. The first-order valence-electron chi connectivity index (χ1n) is 13.4. The molecule has 37 heavy (non-hydrogen) atoms. The number of rotatable bonds is 13. The Labute approximate surface area is 220 Å². The molecule has 2 aromatic carbocycles. The molecule has 0 spiro atoms. The lowest BCUT2D eigenvalue weighted by atomic mass is 10.1. The molecule has 3 rings (SSSR count). The van der Waals surface area contributed by atoms with Crippen molar-refractivity contribution in [3.8, 4) is 16.9 Å². The minimum absolute atomic E-state index is 0.0926. The molecule has 1 heterocycles. The lowest BCUT2D eigenvalue weighted by molar-refractivity contribution is 0.0518. The molecular weight excluding hydrogens is 464 g/mol. The fraction of sp³-hybridized carbons (Fsp3) is 0.433. The largest absolute Gasteiger partial charge is 0.461 e. The van der Waals surface area contributed by atoms with Crippen LogP contribution in [0.1, 0.15) is 73.9 Å². The van der Waals surface area contributed by atoms with E-state index in [0.29, 0.717) is 5.56 Å². The molecular formula is C30H40N4O3. The van der Waals surface area contributed by atoms with E-state index in [1.165, 1.54) is 5.56 Å². The predicted octanol–water partition coefficient (Wildman–Crippen LogP) is 5.52. The van der Waals surface area contributed by atoms with Crippen LogP contribution in [0, 0.1) is 0 Å². The zero-order chi connectivity index (χ0) is 26.8. The number of amides is 1. The molecule has 0 saturated heterocycles. The van der Waals surface area contributed by atoms with Gasteiger partial charge in [0.25, 0.3) is 5.91 Å². The molecule has 7 heteroatoms. The van der Waals surface area contributed by atoms with E-state index >= 15 is 0 Å². The van der Waals surface area contributed by atoms with Crippen molar-refractivity contribution >= 4 is 11.9 Å². The van der Waals surface area contributed by atoms with Crippen molar-refractivity contribution in [1.82, 2.24) is 20.0 Å². The standard InChI is InChI=1S/C30H40N4O3/c1-6-23-12-14-24(15-13-23)28-21-27(30(36)37-9-4)32-34(28)26-18-16-25(17-19-26)29(35)31-22(5)11-10-20-33(7-2)8-3/h12-19,21-22H,6-11,20H2,1-5H3,(H,31,35). The van der Waals surface area contributed by atoms with Crippen molar-refractivity contribution in [3.63, 3.8) is 0 Å². The highest BCUT2D eigenvalue weighted by Gasteiger charge is 2.18. The quantitative estimate of drug-likeness (QED) is 0.310. The Morgan fingerprint density at radius 3 is 2.27 bits per heavy atom. The molecule has 198 valence electrons. The number of aromatic nitrogens is 2. The van der Waals surface area contributed by atoms with Gasteiger partial charge in [-0.3, -0.25) is 4.79 Å². The van der Waals surface area contributed by atoms with E-state index in [-0.39, 0.29) is 24.2 Å². The van der Waals surface area contributed by atoms with Gasteiger partial charge in [-0.05, 0) is 88.6 Å². The molecule has 0 aliphatic carbocycles. The monoisotopic (exact) mass is 504 g/mol. The Morgan fingerprint density at radius 1 is 1.00 bits per heavy atom. The van der Waals surface area contributed by atoms with Crippen molar-refractivity contribution < 1.29 is 14.3 Å². The summed E-state index contributed by atoms with van der Waals surface area (Å²) >= 11 is 0. The first kappa shape index (κ1) is 28.1. The highest BCUT2D eigenvalue weighted by Crippen LogP contribution is 2.25. The molecule has 0 bridgehead atoms. The van der Waals surface area contributed by atoms with Crippen LogP contribution >= 0.6 is 0 Å². The number of benzene rings is 2. The van der Waals surface area contributed by atoms with Gasteiger partial charge >= 0.3 is 5.97 Å². The van der Waals surface area contributed by atoms with E-state index in [1.807, 2.05) is 31.2 Å². The van der Waals surface area contributed by atoms with E-state index in [1.54, 1.807) is 29.8 Å². The molecule has 1 N–H and O–H groups in total. The molecule has 0 radical (unpaired) electrons. The third-order valence-electron chi connectivity index (χ3n) is 6.61. The van der Waals surface area contributed by atoms with Crippen molar-refractivity contribution in [3.05, 3.63) is 71.4 Å². The van der Waals surface area contributed by atoms with Gasteiger partial charge < -0.3 is 15.0 Å². The van der Waals surface area contributed by atoms with Gasteiger partial charge in [0, 0.05) is 17.2 Å². The number of esters is 1. The summed E-state index contributed by atoms with van der Waals surface area (Å²) in [4.78, 5) is 27.6. The normalized spacial score (nSPS) is 11.9. The number of carbonyl (C=O) groups is 2. The summed E-state index contributed by atoms with van der Waals surface area (Å²) in [7, 11) is 0. The third-order valence-corrected chi connectivity index (χ3v) is 6.61. The van der Waals surface area contributed by atoms with Gasteiger partial charge in [0.05, 0.1) is 18.0 Å². The van der Waals surface area contributed by atoms with Gasteiger partial charge in [-0.1, -0.05) is 45.0 Å². The summed E-state index contributed by atoms with van der Waals surface area (Å²) in [6, 6.07) is 17.4. The van der Waals surface area contributed by atoms with E-state index in [2.05, 4.69) is 48.2 Å². The maximum Gasteiger partial charge on any atom is 0.358 e. The lowest BCUT2D eigenvalue weighted by Crippen LogP contribution is -2.33. The van der Waals surface area contributed by atoms with E-state index in [4.69, 9.17) is 4.74 Å². The average Bonchev–Trinajstić information content (AvgIpc) is 3.37. The average molecular weight is 505 g/mol. The van der Waals surface area contributed by atoms with Crippen molar-refractivity contribution in [1.29, 1.82) is 0 Å². The van der Waals surface area contributed by atoms with Gasteiger partial charge in [-0.25, -0.2) is 9.48 Å². The SMILES string of the molecule is CCOC(=O)c1cc(-c2ccc(CC)cc2)n(-c2ccc(C(=O)NC(C)CCCN(CC)CC)cc2)n1. The van der Waals surface area contributed by atoms with E-state index in [9.17, 15) is 9.59 Å². The first-order chi connectivity index (χ1) is 17.9. The van der Waals surface area contributed by atoms with Crippen LogP contribution < -0.4 is 5.32 Å². The van der Waals surface area contributed by atoms with Gasteiger partial charge in [0.15, 0.2) is 5.69 Å². The highest BCUT2D eigenvalue weighted by atomic mass is 16.5. The van der Waals surface area contributed by atoms with Crippen LogP contribution in [0.4, 0.5) is 0 Å². The lowest BCUT2D eigenvalue weighted by Gasteiger charge is -2.19. The molecule has 0 saturated carbocycles. The number of carbonyl (C=O) groups excluding carboxylic acids is 2. The van der Waals surface area contributed by atoms with Gasteiger partial charge in [0.1, 0.15) is 0 Å². The molecule has 0 fully saturated rings. The number of hydrogen-bond acceptors (Lipinski definition) is 5. The van der Waals surface area contributed by atoms with Crippen LogP contribution in [0.3, 0.4) is 0 Å². The third kappa shape index (κ3) is 7.52. The van der Waals surface area contributed by atoms with Crippen LogP contribution in [-0.2, 0) is 11.2 Å². The van der Waals surface area contributed by atoms with Crippen molar-refractivity contribution in [2.75, 3.05) is 26.2 Å². The molecule has 1 aromatic heterocycles. The Balaban J connectivity index is 1.76. The number of hydrogen-bond donors (Lipinski definition) is 1. The van der Waals surface area contributed by atoms with Crippen LogP contribution in [0.2, 0.25) is 0 Å². The summed E-state index contributed by atoms with van der Waals surface area (Å²) < 4.78 is 6.90. The topological polar surface area (TPSA) is 76.5 Å². The predicted molar refractivity (Wildman–Crippen MR) is 148 cm³/mol. The molecule has 1 atom stereocenters. The summed E-state index contributed by atoms with van der Waals surface area (Å²) in [5.74, 6) is -0.552. The van der Waals surface area contributed by atoms with Gasteiger partial charge in [-0.2, -0.15) is 5.10 Å². The van der Waals surface area contributed by atoms with E-state index in [0.717, 1.165) is 55.8 Å². The van der Waals surface area contributed by atoms with Gasteiger partial charge in [0.2, 0.25) is 0 Å². The minimum Gasteiger partial charge on any atom is -0.461 e. The zero-order valence-corrected chi connectivity index (χ0v) is 22.8. The van der Waals surface area contributed by atoms with Crippen molar-refractivity contribution in [2.45, 2.75) is 59.9 Å². The Kier molecular flexibility index (Phi) is 10.4. The number of nitrogens with one attached hydrogen (secondary N) is 1. The fourth-order valence-corrected chi connectivity index (χ4v) is 4.29. The van der Waals surface area contributed by atoms with Gasteiger partial charge in [-0.15, -0.1) is 0 Å². The fourth-order valence-electron chi connectivity index (χ4n) is 4.29. The number of ether oxygens (including phenoxy) is 1.